The second-order valence-electron chi connectivity index (χ2n) is 6.44. The first-order valence-corrected chi connectivity index (χ1v) is 8.90. The van der Waals surface area contributed by atoms with Crippen molar-refractivity contribution in [3.63, 3.8) is 0 Å². The molecule has 138 valence electrons. The number of rotatable bonds is 6. The van der Waals surface area contributed by atoms with Gasteiger partial charge >= 0.3 is 6.09 Å². The van der Waals surface area contributed by atoms with E-state index in [1.807, 2.05) is 55.6 Å². The maximum atomic E-state index is 12.3. The van der Waals surface area contributed by atoms with E-state index in [1.54, 1.807) is 4.90 Å². The predicted molar refractivity (Wildman–Crippen MR) is 98.6 cm³/mol. The number of hydrogen-bond acceptors (Lipinski definition) is 5. The van der Waals surface area contributed by atoms with Gasteiger partial charge in [0.05, 0.1) is 24.9 Å². The molecule has 1 N–H and O–H groups in total. The number of amides is 1. The fourth-order valence-electron chi connectivity index (χ4n) is 2.78. The molecule has 3 rings (SSSR count). The molecule has 0 spiro atoms. The number of pyridine rings is 1. The van der Waals surface area contributed by atoms with Crippen molar-refractivity contribution in [2.24, 2.45) is 0 Å². The van der Waals surface area contributed by atoms with Crippen LogP contribution in [0.4, 0.5) is 4.79 Å². The highest BCUT2D eigenvalue weighted by Gasteiger charge is 2.25. The maximum absolute atomic E-state index is 12.3. The zero-order valence-corrected chi connectivity index (χ0v) is 15.1. The van der Waals surface area contributed by atoms with Gasteiger partial charge in [-0.25, -0.2) is 4.79 Å². The summed E-state index contributed by atoms with van der Waals surface area (Å²) in [4.78, 5) is 18.3. The minimum Gasteiger partial charge on any atom is -0.445 e. The molecule has 1 fully saturated rings. The molecule has 0 saturated carbocycles. The van der Waals surface area contributed by atoms with Gasteiger partial charge < -0.3 is 19.7 Å². The van der Waals surface area contributed by atoms with Gasteiger partial charge in [0, 0.05) is 25.8 Å². The molecule has 0 aliphatic carbocycles. The quantitative estimate of drug-likeness (QED) is 0.863. The van der Waals surface area contributed by atoms with Crippen LogP contribution in [-0.4, -0.2) is 48.3 Å². The van der Waals surface area contributed by atoms with Crippen molar-refractivity contribution in [1.29, 1.82) is 0 Å². The zero-order chi connectivity index (χ0) is 18.2. The Bertz CT molecular complexity index is 691. The first-order chi connectivity index (χ1) is 12.7. The lowest BCUT2D eigenvalue weighted by Gasteiger charge is -2.32. The summed E-state index contributed by atoms with van der Waals surface area (Å²) in [5.74, 6) is 0. The number of hydrogen-bond donors (Lipinski definition) is 1. The van der Waals surface area contributed by atoms with Crippen molar-refractivity contribution in [3.05, 3.63) is 65.5 Å². The summed E-state index contributed by atoms with van der Waals surface area (Å²) in [5.41, 5.74) is 3.12. The van der Waals surface area contributed by atoms with Crippen LogP contribution in [-0.2, 0) is 22.6 Å². The van der Waals surface area contributed by atoms with Gasteiger partial charge in [-0.1, -0.05) is 36.4 Å². The van der Waals surface area contributed by atoms with Crippen LogP contribution in [0.1, 0.15) is 16.8 Å². The average molecular weight is 355 g/mol. The van der Waals surface area contributed by atoms with Gasteiger partial charge in [-0.3, -0.25) is 4.98 Å². The van der Waals surface area contributed by atoms with E-state index in [-0.39, 0.29) is 12.2 Å². The lowest BCUT2D eigenvalue weighted by Crippen LogP contribution is -2.49. The number of morpholine rings is 1. The van der Waals surface area contributed by atoms with Crippen LogP contribution in [0, 0.1) is 6.92 Å². The van der Waals surface area contributed by atoms with Crippen LogP contribution in [0.15, 0.2) is 48.7 Å². The van der Waals surface area contributed by atoms with Gasteiger partial charge in [-0.05, 0) is 24.1 Å². The second-order valence-corrected chi connectivity index (χ2v) is 6.44. The van der Waals surface area contributed by atoms with Gasteiger partial charge in [0.2, 0.25) is 0 Å². The number of benzene rings is 1. The summed E-state index contributed by atoms with van der Waals surface area (Å²) in [6.07, 6.45) is 1.53. The lowest BCUT2D eigenvalue weighted by molar-refractivity contribution is -0.0271. The fourth-order valence-corrected chi connectivity index (χ4v) is 2.78. The van der Waals surface area contributed by atoms with Crippen LogP contribution in [0.25, 0.3) is 0 Å². The highest BCUT2D eigenvalue weighted by atomic mass is 16.6. The maximum Gasteiger partial charge on any atom is 0.410 e. The molecule has 26 heavy (non-hydrogen) atoms. The normalized spacial score (nSPS) is 17.1. The number of nitrogens with zero attached hydrogens (tertiary/aromatic N) is 2. The molecule has 1 aliphatic rings. The molecule has 6 heteroatoms. The van der Waals surface area contributed by atoms with Gasteiger partial charge in [0.15, 0.2) is 0 Å². The topological polar surface area (TPSA) is 63.7 Å². The number of aromatic nitrogens is 1. The van der Waals surface area contributed by atoms with Crippen LogP contribution < -0.4 is 5.32 Å². The third-order valence-corrected chi connectivity index (χ3v) is 4.25. The molecule has 1 unspecified atom stereocenters. The Morgan fingerprint density at radius 1 is 1.31 bits per heavy atom. The van der Waals surface area contributed by atoms with E-state index >= 15 is 0 Å². The van der Waals surface area contributed by atoms with Crippen molar-refractivity contribution in [2.75, 3.05) is 26.2 Å². The van der Waals surface area contributed by atoms with Crippen molar-refractivity contribution >= 4 is 6.09 Å². The number of nitrogens with one attached hydrogen (secondary N) is 1. The molecular weight excluding hydrogens is 330 g/mol. The largest absolute Gasteiger partial charge is 0.445 e. The third-order valence-electron chi connectivity index (χ3n) is 4.25. The Balaban J connectivity index is 1.40. The van der Waals surface area contributed by atoms with E-state index in [9.17, 15) is 4.79 Å². The zero-order valence-electron chi connectivity index (χ0n) is 15.1. The van der Waals surface area contributed by atoms with E-state index < -0.39 is 0 Å². The van der Waals surface area contributed by atoms with Crippen molar-refractivity contribution < 1.29 is 14.3 Å². The van der Waals surface area contributed by atoms with E-state index in [0.717, 1.165) is 16.8 Å². The Hall–Kier alpha value is -2.44. The molecule has 2 heterocycles. The van der Waals surface area contributed by atoms with Gasteiger partial charge in [-0.15, -0.1) is 0 Å². The van der Waals surface area contributed by atoms with Gasteiger partial charge in [0.25, 0.3) is 0 Å². The first kappa shape index (κ1) is 18.4. The Labute approximate surface area is 154 Å². The number of carbonyl (C=O) groups is 1. The van der Waals surface area contributed by atoms with Crippen molar-refractivity contribution in [1.82, 2.24) is 15.2 Å². The van der Waals surface area contributed by atoms with E-state index in [4.69, 9.17) is 9.47 Å². The summed E-state index contributed by atoms with van der Waals surface area (Å²) in [7, 11) is 0. The summed E-state index contributed by atoms with van der Waals surface area (Å²) in [6.45, 7) is 5.27. The number of aryl methyl sites for hydroxylation is 1. The van der Waals surface area contributed by atoms with E-state index in [0.29, 0.717) is 39.4 Å². The van der Waals surface area contributed by atoms with E-state index in [1.165, 1.54) is 0 Å². The van der Waals surface area contributed by atoms with Crippen LogP contribution in [0.2, 0.25) is 0 Å². The monoisotopic (exact) mass is 355 g/mol. The molecule has 1 aromatic heterocycles. The Kier molecular flexibility index (Phi) is 6.57. The molecule has 1 aliphatic heterocycles. The summed E-state index contributed by atoms with van der Waals surface area (Å²) >= 11 is 0. The second kappa shape index (κ2) is 9.31. The van der Waals surface area contributed by atoms with Crippen LogP contribution in [0.5, 0.6) is 0 Å². The molecule has 1 atom stereocenters. The minimum atomic E-state index is -0.289. The predicted octanol–water partition coefficient (Wildman–Crippen LogP) is 2.52. The molecule has 1 saturated heterocycles. The molecular formula is C20H25N3O3. The first-order valence-electron chi connectivity index (χ1n) is 8.90. The highest BCUT2D eigenvalue weighted by Crippen LogP contribution is 2.09. The van der Waals surface area contributed by atoms with Crippen molar-refractivity contribution in [2.45, 2.75) is 26.2 Å². The van der Waals surface area contributed by atoms with Crippen LogP contribution >= 0.6 is 0 Å². The summed E-state index contributed by atoms with van der Waals surface area (Å²) < 4.78 is 11.1. The van der Waals surface area contributed by atoms with Crippen molar-refractivity contribution in [3.8, 4) is 0 Å². The third kappa shape index (κ3) is 5.54. The SMILES string of the molecule is Cc1ccc(CNCC2CN(C(=O)OCc3ccccc3)CCO2)nc1. The highest BCUT2D eigenvalue weighted by molar-refractivity contribution is 5.67. The summed E-state index contributed by atoms with van der Waals surface area (Å²) in [5, 5.41) is 3.34. The number of carbonyl (C=O) groups excluding carboxylic acids is 1. The Morgan fingerprint density at radius 2 is 2.15 bits per heavy atom. The fraction of sp³-hybridized carbons (Fsp3) is 0.400. The molecule has 1 amide bonds. The molecule has 2 aromatic rings. The van der Waals surface area contributed by atoms with E-state index in [2.05, 4.69) is 10.3 Å². The minimum absolute atomic E-state index is 0.0431. The average Bonchev–Trinajstić information content (AvgIpc) is 2.69. The Morgan fingerprint density at radius 3 is 2.92 bits per heavy atom. The van der Waals surface area contributed by atoms with Gasteiger partial charge in [-0.2, -0.15) is 0 Å². The smallest absolute Gasteiger partial charge is 0.410 e. The lowest BCUT2D eigenvalue weighted by atomic mass is 10.2. The molecule has 0 radical (unpaired) electrons. The molecule has 6 nitrogen and oxygen atoms in total. The number of ether oxygens (including phenoxy) is 2. The standard InChI is InChI=1S/C20H25N3O3/c1-16-7-8-18(22-11-16)12-21-13-19-14-23(9-10-25-19)20(24)26-15-17-5-3-2-4-6-17/h2-8,11,19,21H,9-10,12-15H2,1H3. The molecule has 1 aromatic carbocycles. The van der Waals surface area contributed by atoms with Gasteiger partial charge in [0.1, 0.15) is 6.61 Å². The molecule has 0 bridgehead atoms. The van der Waals surface area contributed by atoms with Crippen LogP contribution in [0.3, 0.4) is 0 Å². The summed E-state index contributed by atoms with van der Waals surface area (Å²) in [6, 6.07) is 13.8.